The normalized spacial score (nSPS) is 22.8. The van der Waals surface area contributed by atoms with Crippen molar-refractivity contribution >= 4 is 5.82 Å². The molecule has 0 amide bonds. The van der Waals surface area contributed by atoms with E-state index in [1.807, 2.05) is 6.07 Å². The second kappa shape index (κ2) is 2.68. The molecule has 72 valence electrons. The summed E-state index contributed by atoms with van der Waals surface area (Å²) in [6.07, 6.45) is 2.60. The van der Waals surface area contributed by atoms with Gasteiger partial charge in [-0.2, -0.15) is 5.26 Å². The Kier molecular flexibility index (Phi) is 1.71. The van der Waals surface area contributed by atoms with Crippen LogP contribution < -0.4 is 5.73 Å². The molecule has 14 heavy (non-hydrogen) atoms. The topological polar surface area (TPSA) is 75.6 Å². The molecule has 1 saturated carbocycles. The van der Waals surface area contributed by atoms with E-state index in [0.717, 1.165) is 12.2 Å². The molecule has 1 aromatic rings. The molecule has 1 atom stereocenters. The van der Waals surface area contributed by atoms with E-state index in [9.17, 15) is 0 Å². The van der Waals surface area contributed by atoms with Gasteiger partial charge in [-0.05, 0) is 11.8 Å². The Balaban J connectivity index is 2.32. The number of aromatic nitrogens is 2. The van der Waals surface area contributed by atoms with E-state index in [-0.39, 0.29) is 0 Å². The van der Waals surface area contributed by atoms with E-state index in [1.54, 1.807) is 0 Å². The van der Waals surface area contributed by atoms with Gasteiger partial charge in [0.2, 0.25) is 0 Å². The Morgan fingerprint density at radius 3 is 2.71 bits per heavy atom. The molecule has 0 bridgehead atoms. The lowest BCUT2D eigenvalue weighted by atomic mass is 10.1. The Hall–Kier alpha value is -1.63. The Labute approximate surface area is 82.8 Å². The quantitative estimate of drug-likeness (QED) is 0.723. The molecule has 0 radical (unpaired) electrons. The highest BCUT2D eigenvalue weighted by molar-refractivity contribution is 5.46. The number of nitrogens with two attached hydrogens (primary N) is 1. The zero-order valence-electron chi connectivity index (χ0n) is 8.28. The fraction of sp³-hybridized carbons (Fsp3) is 0.500. The molecular weight excluding hydrogens is 176 g/mol. The van der Waals surface area contributed by atoms with Crippen molar-refractivity contribution in [3.63, 3.8) is 0 Å². The second-order valence-electron chi connectivity index (χ2n) is 4.38. The molecule has 1 fully saturated rings. The maximum Gasteiger partial charge on any atom is 0.145 e. The van der Waals surface area contributed by atoms with Gasteiger partial charge in [0.05, 0.1) is 6.20 Å². The maximum absolute atomic E-state index is 8.66. The lowest BCUT2D eigenvalue weighted by Gasteiger charge is -2.03. The van der Waals surface area contributed by atoms with Crippen LogP contribution in [0.15, 0.2) is 6.20 Å². The molecular formula is C10H12N4. The number of anilines is 1. The zero-order valence-corrected chi connectivity index (χ0v) is 8.28. The number of nitrogens with zero attached hydrogens (tertiary/aromatic N) is 3. The summed E-state index contributed by atoms with van der Waals surface area (Å²) in [6, 6.07) is 1.95. The minimum atomic E-state index is 0.292. The van der Waals surface area contributed by atoms with E-state index in [1.165, 1.54) is 6.20 Å². The second-order valence-corrected chi connectivity index (χ2v) is 4.38. The minimum absolute atomic E-state index is 0.292. The molecule has 1 unspecified atom stereocenters. The summed E-state index contributed by atoms with van der Waals surface area (Å²) in [5, 5.41) is 8.66. The third-order valence-corrected chi connectivity index (χ3v) is 2.78. The van der Waals surface area contributed by atoms with Crippen molar-refractivity contribution in [2.45, 2.75) is 26.2 Å². The summed E-state index contributed by atoms with van der Waals surface area (Å²) >= 11 is 0. The van der Waals surface area contributed by atoms with E-state index in [2.05, 4.69) is 23.8 Å². The fourth-order valence-corrected chi connectivity index (χ4v) is 1.57. The van der Waals surface area contributed by atoms with Gasteiger partial charge >= 0.3 is 0 Å². The molecule has 1 heterocycles. The van der Waals surface area contributed by atoms with Gasteiger partial charge in [0.25, 0.3) is 0 Å². The van der Waals surface area contributed by atoms with Crippen LogP contribution in [-0.4, -0.2) is 9.97 Å². The number of nitriles is 1. The highest BCUT2D eigenvalue weighted by Gasteiger charge is 2.48. The average Bonchev–Trinajstić information content (AvgIpc) is 2.75. The molecule has 4 heteroatoms. The maximum atomic E-state index is 8.66. The van der Waals surface area contributed by atoms with Crippen LogP contribution in [0.5, 0.6) is 0 Å². The van der Waals surface area contributed by atoms with Crippen LogP contribution in [0.1, 0.15) is 37.6 Å². The number of nitrogen functional groups attached to an aromatic ring is 1. The highest BCUT2D eigenvalue weighted by atomic mass is 15.0. The zero-order chi connectivity index (χ0) is 10.3. The number of rotatable bonds is 1. The van der Waals surface area contributed by atoms with Gasteiger partial charge in [-0.15, -0.1) is 0 Å². The molecule has 4 nitrogen and oxygen atoms in total. The molecule has 1 aliphatic rings. The summed E-state index contributed by atoms with van der Waals surface area (Å²) in [6.45, 7) is 4.35. The van der Waals surface area contributed by atoms with E-state index in [4.69, 9.17) is 11.0 Å². The third kappa shape index (κ3) is 1.31. The number of hydrogen-bond donors (Lipinski definition) is 1. The monoisotopic (exact) mass is 188 g/mol. The van der Waals surface area contributed by atoms with Crippen molar-refractivity contribution in [1.82, 2.24) is 9.97 Å². The van der Waals surface area contributed by atoms with Crippen LogP contribution in [0, 0.1) is 16.7 Å². The summed E-state index contributed by atoms with van der Waals surface area (Å²) in [5.74, 6) is 1.46. The van der Waals surface area contributed by atoms with Crippen LogP contribution in [0.2, 0.25) is 0 Å². The average molecular weight is 188 g/mol. The molecule has 0 saturated heterocycles. The third-order valence-electron chi connectivity index (χ3n) is 2.78. The minimum Gasteiger partial charge on any atom is -0.382 e. The van der Waals surface area contributed by atoms with Gasteiger partial charge in [0, 0.05) is 5.92 Å². The first-order valence-corrected chi connectivity index (χ1v) is 4.57. The molecule has 0 aliphatic heterocycles. The smallest absolute Gasteiger partial charge is 0.145 e. The van der Waals surface area contributed by atoms with Crippen LogP contribution in [0.4, 0.5) is 5.82 Å². The van der Waals surface area contributed by atoms with E-state index in [0.29, 0.717) is 22.7 Å². The standard InChI is InChI=1S/C10H12N4/c1-10(2)3-7(10)9-13-5-6(4-11)8(12)14-9/h5,7H,3H2,1-2H3,(H2,12,13,14). The first kappa shape index (κ1) is 8.95. The Morgan fingerprint density at radius 2 is 2.29 bits per heavy atom. The fourth-order valence-electron chi connectivity index (χ4n) is 1.57. The van der Waals surface area contributed by atoms with Crippen LogP contribution in [0.3, 0.4) is 0 Å². The first-order chi connectivity index (χ1) is 6.54. The van der Waals surface area contributed by atoms with Crippen LogP contribution in [0.25, 0.3) is 0 Å². The molecule has 1 aromatic heterocycles. The lowest BCUT2D eigenvalue weighted by molar-refractivity contribution is 0.608. The van der Waals surface area contributed by atoms with E-state index >= 15 is 0 Å². The van der Waals surface area contributed by atoms with Crippen molar-refractivity contribution in [2.75, 3.05) is 5.73 Å². The summed E-state index contributed by atoms with van der Waals surface area (Å²) in [7, 11) is 0. The van der Waals surface area contributed by atoms with Crippen molar-refractivity contribution in [3.05, 3.63) is 17.6 Å². The van der Waals surface area contributed by atoms with Gasteiger partial charge in [0.1, 0.15) is 23.3 Å². The van der Waals surface area contributed by atoms with Gasteiger partial charge < -0.3 is 5.73 Å². The first-order valence-electron chi connectivity index (χ1n) is 4.57. The lowest BCUT2D eigenvalue weighted by Crippen LogP contribution is -2.02. The van der Waals surface area contributed by atoms with Crippen molar-refractivity contribution in [1.29, 1.82) is 5.26 Å². The van der Waals surface area contributed by atoms with E-state index < -0.39 is 0 Å². The SMILES string of the molecule is CC1(C)CC1c1ncc(C#N)c(N)n1. The summed E-state index contributed by atoms with van der Waals surface area (Å²) in [5.41, 5.74) is 6.26. The largest absolute Gasteiger partial charge is 0.382 e. The molecule has 0 spiro atoms. The van der Waals surface area contributed by atoms with Gasteiger partial charge in [0.15, 0.2) is 0 Å². The van der Waals surface area contributed by atoms with Crippen molar-refractivity contribution in [3.8, 4) is 6.07 Å². The number of hydrogen-bond acceptors (Lipinski definition) is 4. The Morgan fingerprint density at radius 1 is 1.64 bits per heavy atom. The molecule has 2 rings (SSSR count). The summed E-state index contributed by atoms with van der Waals surface area (Å²) in [4.78, 5) is 8.30. The van der Waals surface area contributed by atoms with Crippen LogP contribution in [-0.2, 0) is 0 Å². The predicted molar refractivity (Wildman–Crippen MR) is 52.3 cm³/mol. The van der Waals surface area contributed by atoms with Gasteiger partial charge in [-0.25, -0.2) is 9.97 Å². The Bertz CT molecular complexity index is 417. The van der Waals surface area contributed by atoms with Crippen LogP contribution >= 0.6 is 0 Å². The molecule has 1 aliphatic carbocycles. The molecule has 2 N–H and O–H groups in total. The predicted octanol–water partition coefficient (Wildman–Crippen LogP) is 1.44. The van der Waals surface area contributed by atoms with Gasteiger partial charge in [-0.3, -0.25) is 0 Å². The summed E-state index contributed by atoms with van der Waals surface area (Å²) < 4.78 is 0. The van der Waals surface area contributed by atoms with Crippen molar-refractivity contribution in [2.24, 2.45) is 5.41 Å². The van der Waals surface area contributed by atoms with Crippen molar-refractivity contribution < 1.29 is 0 Å². The van der Waals surface area contributed by atoms with Gasteiger partial charge in [-0.1, -0.05) is 13.8 Å². The highest BCUT2D eigenvalue weighted by Crippen LogP contribution is 2.57. The molecule has 0 aromatic carbocycles.